The Morgan fingerprint density at radius 3 is 3.14 bits per heavy atom. The lowest BCUT2D eigenvalue weighted by Gasteiger charge is -2.15. The smallest absolute Gasteiger partial charge is 0.248 e. The molecule has 0 radical (unpaired) electrons. The summed E-state index contributed by atoms with van der Waals surface area (Å²) in [5.74, 6) is 0.0521. The molecule has 21 heavy (non-hydrogen) atoms. The zero-order valence-electron chi connectivity index (χ0n) is 12.0. The molecule has 0 bridgehead atoms. The summed E-state index contributed by atoms with van der Waals surface area (Å²) in [5, 5.41) is 3.38. The zero-order valence-corrected chi connectivity index (χ0v) is 12.8. The Balaban J connectivity index is 1.42. The summed E-state index contributed by atoms with van der Waals surface area (Å²) in [6.45, 7) is 2.16. The molecule has 0 aliphatic carbocycles. The Morgan fingerprint density at radius 1 is 1.43 bits per heavy atom. The van der Waals surface area contributed by atoms with Crippen LogP contribution in [0.4, 0.5) is 0 Å². The summed E-state index contributed by atoms with van der Waals surface area (Å²) < 4.78 is 6.82. The molecule has 112 valence electrons. The van der Waals surface area contributed by atoms with E-state index in [2.05, 4.69) is 29.6 Å². The van der Waals surface area contributed by atoms with Crippen molar-refractivity contribution in [2.45, 2.75) is 18.9 Å². The van der Waals surface area contributed by atoms with Crippen LogP contribution < -0.4 is 5.73 Å². The molecule has 1 unspecified atom stereocenters. The molecule has 1 fully saturated rings. The number of carbonyl (C=O) groups is 1. The number of carbonyl (C=O) groups excluding carboxylic acids is 1. The van der Waals surface area contributed by atoms with Gasteiger partial charge in [0.2, 0.25) is 5.91 Å². The second-order valence-electron chi connectivity index (χ2n) is 5.48. The molecule has 1 atom stereocenters. The van der Waals surface area contributed by atoms with Crippen LogP contribution >= 0.6 is 11.3 Å². The maximum Gasteiger partial charge on any atom is 0.248 e. The summed E-state index contributed by atoms with van der Waals surface area (Å²) >= 11 is 1.75. The molecule has 2 N–H and O–H groups in total. The van der Waals surface area contributed by atoms with Gasteiger partial charge in [0, 0.05) is 23.8 Å². The van der Waals surface area contributed by atoms with Gasteiger partial charge in [-0.15, -0.1) is 11.3 Å². The lowest BCUT2D eigenvalue weighted by molar-refractivity contribution is -0.135. The highest BCUT2D eigenvalue weighted by Crippen LogP contribution is 2.21. The fraction of sp³-hybridized carbons (Fsp3) is 0.438. The van der Waals surface area contributed by atoms with E-state index < -0.39 is 0 Å². The lowest BCUT2D eigenvalue weighted by Crippen LogP contribution is -2.34. The van der Waals surface area contributed by atoms with Gasteiger partial charge in [0.25, 0.3) is 0 Å². The molecule has 1 saturated heterocycles. The number of benzene rings is 1. The SMILES string of the molecule is NC1CCN(C(=O)COCCc2ccc3sccc3c2)C1. The number of nitrogens with zero attached hydrogens (tertiary/aromatic N) is 1. The number of rotatable bonds is 5. The van der Waals surface area contributed by atoms with E-state index in [0.29, 0.717) is 13.2 Å². The van der Waals surface area contributed by atoms with Crippen molar-refractivity contribution in [3.05, 3.63) is 35.2 Å². The van der Waals surface area contributed by atoms with Gasteiger partial charge in [-0.3, -0.25) is 4.79 Å². The van der Waals surface area contributed by atoms with Crippen LogP contribution in [0.25, 0.3) is 10.1 Å². The Bertz CT molecular complexity index is 626. The van der Waals surface area contributed by atoms with E-state index in [1.54, 1.807) is 16.2 Å². The molecular formula is C16H20N2O2S. The number of thiophene rings is 1. The van der Waals surface area contributed by atoms with Crippen molar-refractivity contribution in [2.75, 3.05) is 26.3 Å². The van der Waals surface area contributed by atoms with Crippen molar-refractivity contribution >= 4 is 27.3 Å². The normalized spacial score (nSPS) is 18.5. The molecule has 0 spiro atoms. The molecule has 0 saturated carbocycles. The topological polar surface area (TPSA) is 55.6 Å². The Kier molecular flexibility index (Phi) is 4.53. The van der Waals surface area contributed by atoms with E-state index in [0.717, 1.165) is 19.4 Å². The van der Waals surface area contributed by atoms with Gasteiger partial charge < -0.3 is 15.4 Å². The number of likely N-dealkylation sites (tertiary alicyclic amines) is 1. The molecule has 2 aromatic rings. The average Bonchev–Trinajstić information content (AvgIpc) is 3.11. The number of hydrogen-bond acceptors (Lipinski definition) is 4. The first-order valence-corrected chi connectivity index (χ1v) is 8.17. The van der Waals surface area contributed by atoms with Crippen molar-refractivity contribution in [2.24, 2.45) is 5.73 Å². The van der Waals surface area contributed by atoms with Crippen molar-refractivity contribution in [1.82, 2.24) is 4.90 Å². The highest BCUT2D eigenvalue weighted by atomic mass is 32.1. The van der Waals surface area contributed by atoms with Gasteiger partial charge in [0.15, 0.2) is 0 Å². The molecule has 4 nitrogen and oxygen atoms in total. The third-order valence-corrected chi connectivity index (χ3v) is 4.75. The summed E-state index contributed by atoms with van der Waals surface area (Å²) in [5.41, 5.74) is 7.04. The fourth-order valence-electron chi connectivity index (χ4n) is 2.63. The minimum Gasteiger partial charge on any atom is -0.371 e. The van der Waals surface area contributed by atoms with E-state index in [9.17, 15) is 4.79 Å². The number of hydrogen-bond donors (Lipinski definition) is 1. The van der Waals surface area contributed by atoms with Crippen LogP contribution in [0.3, 0.4) is 0 Å². The van der Waals surface area contributed by atoms with Crippen LogP contribution in [0, 0.1) is 0 Å². The molecule has 3 rings (SSSR count). The van der Waals surface area contributed by atoms with Crippen molar-refractivity contribution in [3.8, 4) is 0 Å². The third-order valence-electron chi connectivity index (χ3n) is 3.85. The van der Waals surface area contributed by atoms with Crippen LogP contribution in [0.2, 0.25) is 0 Å². The van der Waals surface area contributed by atoms with Crippen LogP contribution in [0.1, 0.15) is 12.0 Å². The second-order valence-corrected chi connectivity index (χ2v) is 6.43. The largest absolute Gasteiger partial charge is 0.371 e. The van der Waals surface area contributed by atoms with Crippen LogP contribution in [-0.2, 0) is 16.0 Å². The van der Waals surface area contributed by atoms with Crippen LogP contribution in [0.15, 0.2) is 29.6 Å². The Morgan fingerprint density at radius 2 is 2.33 bits per heavy atom. The Labute approximate surface area is 128 Å². The van der Waals surface area contributed by atoms with Crippen molar-refractivity contribution in [1.29, 1.82) is 0 Å². The monoisotopic (exact) mass is 304 g/mol. The quantitative estimate of drug-likeness (QED) is 0.860. The van der Waals surface area contributed by atoms with E-state index in [-0.39, 0.29) is 18.6 Å². The van der Waals surface area contributed by atoms with E-state index in [4.69, 9.17) is 10.5 Å². The van der Waals surface area contributed by atoms with Crippen LogP contribution in [-0.4, -0.2) is 43.2 Å². The van der Waals surface area contributed by atoms with Gasteiger partial charge in [-0.2, -0.15) is 0 Å². The summed E-state index contributed by atoms with van der Waals surface area (Å²) in [6.07, 6.45) is 1.73. The number of fused-ring (bicyclic) bond motifs is 1. The average molecular weight is 304 g/mol. The van der Waals surface area contributed by atoms with Crippen LogP contribution in [0.5, 0.6) is 0 Å². The third kappa shape index (κ3) is 3.61. The number of amides is 1. The van der Waals surface area contributed by atoms with E-state index in [1.165, 1.54) is 15.6 Å². The predicted octanol–water partition coefficient (Wildman–Crippen LogP) is 2.02. The van der Waals surface area contributed by atoms with E-state index in [1.807, 2.05) is 0 Å². The molecule has 5 heteroatoms. The first-order valence-electron chi connectivity index (χ1n) is 7.29. The highest BCUT2D eigenvalue weighted by molar-refractivity contribution is 7.17. The molecule has 1 aromatic carbocycles. The first-order chi connectivity index (χ1) is 10.2. The van der Waals surface area contributed by atoms with Gasteiger partial charge in [0.1, 0.15) is 6.61 Å². The fourth-order valence-corrected chi connectivity index (χ4v) is 3.40. The van der Waals surface area contributed by atoms with Gasteiger partial charge in [-0.05, 0) is 41.3 Å². The zero-order chi connectivity index (χ0) is 14.7. The predicted molar refractivity (Wildman–Crippen MR) is 85.5 cm³/mol. The van der Waals surface area contributed by atoms with Gasteiger partial charge in [0.05, 0.1) is 6.61 Å². The number of ether oxygens (including phenoxy) is 1. The molecule has 1 aromatic heterocycles. The summed E-state index contributed by atoms with van der Waals surface area (Å²) in [7, 11) is 0. The molecule has 1 aliphatic heterocycles. The standard InChI is InChI=1S/C16H20N2O2S/c17-14-3-6-18(10-14)16(19)11-20-7-4-12-1-2-15-13(9-12)5-8-21-15/h1-2,5,8-9,14H,3-4,6-7,10-11,17H2. The van der Waals surface area contributed by atoms with Gasteiger partial charge >= 0.3 is 0 Å². The minimum absolute atomic E-state index is 0.0521. The highest BCUT2D eigenvalue weighted by Gasteiger charge is 2.23. The molecule has 1 aliphatic rings. The van der Waals surface area contributed by atoms with Crippen molar-refractivity contribution < 1.29 is 9.53 Å². The maximum absolute atomic E-state index is 11.9. The Hall–Kier alpha value is -1.43. The van der Waals surface area contributed by atoms with Crippen molar-refractivity contribution in [3.63, 3.8) is 0 Å². The second kappa shape index (κ2) is 6.56. The van der Waals surface area contributed by atoms with Gasteiger partial charge in [-0.1, -0.05) is 12.1 Å². The minimum atomic E-state index is 0.0521. The summed E-state index contributed by atoms with van der Waals surface area (Å²) in [6, 6.07) is 8.72. The summed E-state index contributed by atoms with van der Waals surface area (Å²) in [4.78, 5) is 13.7. The first kappa shape index (κ1) is 14.5. The van der Waals surface area contributed by atoms with Gasteiger partial charge in [-0.25, -0.2) is 0 Å². The number of nitrogens with two attached hydrogens (primary N) is 1. The lowest BCUT2D eigenvalue weighted by atomic mass is 10.1. The maximum atomic E-state index is 11.9. The molecule has 2 heterocycles. The molecule has 1 amide bonds. The van der Waals surface area contributed by atoms with E-state index >= 15 is 0 Å². The molecular weight excluding hydrogens is 284 g/mol.